The highest BCUT2D eigenvalue weighted by Gasteiger charge is 2.30. The first-order valence-electron chi connectivity index (χ1n) is 5.55. The second kappa shape index (κ2) is 5.59. The molecule has 1 rings (SSSR count). The molecule has 1 amide bonds. The van der Waals surface area contributed by atoms with Gasteiger partial charge in [-0.2, -0.15) is 0 Å². The number of pyridine rings is 1. The van der Waals surface area contributed by atoms with Gasteiger partial charge < -0.3 is 15.5 Å². The number of aromatic nitrogens is 1. The van der Waals surface area contributed by atoms with E-state index in [0.717, 1.165) is 18.9 Å². The summed E-state index contributed by atoms with van der Waals surface area (Å²) in [5.74, 6) is -1.90. The summed E-state index contributed by atoms with van der Waals surface area (Å²) in [6.45, 7) is 2.69. The lowest BCUT2D eigenvalue weighted by Gasteiger charge is -2.18. The van der Waals surface area contributed by atoms with E-state index in [1.165, 1.54) is 6.20 Å². The largest absolute Gasteiger partial charge is 0.479 e. The molecule has 0 saturated heterocycles. The van der Waals surface area contributed by atoms with Crippen molar-refractivity contribution in [3.63, 3.8) is 0 Å². The molecule has 1 aromatic heterocycles. The number of nitrogens with one attached hydrogen (secondary N) is 1. The second-order valence-electron chi connectivity index (χ2n) is 4.16. The highest BCUT2D eigenvalue weighted by atomic mass is 16.4. The Bertz CT molecular complexity index is 457. The summed E-state index contributed by atoms with van der Waals surface area (Å²) >= 11 is 0. The predicted octanol–water partition coefficient (Wildman–Crippen LogP) is 0.209. The highest BCUT2D eigenvalue weighted by Crippen LogP contribution is 2.04. The number of hydrogen-bond donors (Lipinski definition) is 3. The zero-order chi connectivity index (χ0) is 13.8. The summed E-state index contributed by atoms with van der Waals surface area (Å²) in [6.07, 6.45) is 2.29. The normalized spacial score (nSPS) is 13.7. The average Bonchev–Trinajstić information content (AvgIpc) is 2.36. The Morgan fingerprint density at radius 2 is 2.17 bits per heavy atom. The lowest BCUT2D eigenvalue weighted by Crippen LogP contribution is -2.46. The van der Waals surface area contributed by atoms with E-state index in [0.29, 0.717) is 0 Å². The number of hydrogen-bond acceptors (Lipinski definition) is 4. The van der Waals surface area contributed by atoms with Crippen LogP contribution in [0.5, 0.6) is 0 Å². The number of carbonyl (C=O) groups excluding carboxylic acids is 1. The molecule has 6 heteroatoms. The van der Waals surface area contributed by atoms with Crippen LogP contribution in [0.2, 0.25) is 0 Å². The third-order valence-electron chi connectivity index (χ3n) is 2.52. The zero-order valence-corrected chi connectivity index (χ0v) is 10.3. The van der Waals surface area contributed by atoms with Gasteiger partial charge in [-0.15, -0.1) is 0 Å². The number of nitrogens with zero attached hydrogens (tertiary/aromatic N) is 1. The molecule has 1 heterocycles. The number of carbonyl (C=O) groups is 2. The fourth-order valence-corrected chi connectivity index (χ4v) is 1.24. The SMILES string of the molecule is CCc1ccnc(C(=O)NCC(C)(O)C(=O)O)c1. The van der Waals surface area contributed by atoms with Crippen LogP contribution >= 0.6 is 0 Å². The predicted molar refractivity (Wildman–Crippen MR) is 64.2 cm³/mol. The lowest BCUT2D eigenvalue weighted by molar-refractivity contribution is -0.155. The van der Waals surface area contributed by atoms with Crippen molar-refractivity contribution in [2.45, 2.75) is 25.9 Å². The summed E-state index contributed by atoms with van der Waals surface area (Å²) in [7, 11) is 0. The van der Waals surface area contributed by atoms with Crippen LogP contribution in [-0.4, -0.2) is 39.2 Å². The van der Waals surface area contributed by atoms with Gasteiger partial charge in [-0.25, -0.2) is 4.79 Å². The number of rotatable bonds is 5. The molecule has 1 aromatic rings. The van der Waals surface area contributed by atoms with Crippen molar-refractivity contribution < 1.29 is 19.8 Å². The van der Waals surface area contributed by atoms with E-state index in [9.17, 15) is 14.7 Å². The third-order valence-corrected chi connectivity index (χ3v) is 2.52. The fourth-order valence-electron chi connectivity index (χ4n) is 1.24. The molecule has 0 fully saturated rings. The quantitative estimate of drug-likeness (QED) is 0.695. The second-order valence-corrected chi connectivity index (χ2v) is 4.16. The molecule has 3 N–H and O–H groups in total. The van der Waals surface area contributed by atoms with Gasteiger partial charge >= 0.3 is 5.97 Å². The molecule has 18 heavy (non-hydrogen) atoms. The van der Waals surface area contributed by atoms with E-state index in [4.69, 9.17) is 5.11 Å². The van der Waals surface area contributed by atoms with Crippen LogP contribution in [0, 0.1) is 0 Å². The van der Waals surface area contributed by atoms with Gasteiger partial charge in [0.15, 0.2) is 5.60 Å². The molecule has 0 bridgehead atoms. The summed E-state index contributed by atoms with van der Waals surface area (Å²) in [5.41, 5.74) is -0.825. The highest BCUT2D eigenvalue weighted by molar-refractivity contribution is 5.92. The van der Waals surface area contributed by atoms with Crippen molar-refractivity contribution in [3.8, 4) is 0 Å². The molecular weight excluding hydrogens is 236 g/mol. The summed E-state index contributed by atoms with van der Waals surface area (Å²) < 4.78 is 0. The van der Waals surface area contributed by atoms with Gasteiger partial charge in [0.1, 0.15) is 5.69 Å². The van der Waals surface area contributed by atoms with Gasteiger partial charge in [0.05, 0.1) is 6.54 Å². The Hall–Kier alpha value is -1.95. The van der Waals surface area contributed by atoms with E-state index in [1.807, 2.05) is 6.92 Å². The van der Waals surface area contributed by atoms with Gasteiger partial charge in [-0.05, 0) is 31.0 Å². The number of aliphatic hydroxyl groups is 1. The van der Waals surface area contributed by atoms with Crippen LogP contribution in [0.15, 0.2) is 18.3 Å². The van der Waals surface area contributed by atoms with Gasteiger partial charge in [-0.1, -0.05) is 6.92 Å². The Morgan fingerprint density at radius 1 is 1.50 bits per heavy atom. The van der Waals surface area contributed by atoms with Crippen LogP contribution < -0.4 is 5.32 Å². The standard InChI is InChI=1S/C12H16N2O4/c1-3-8-4-5-13-9(6-8)10(15)14-7-12(2,18)11(16)17/h4-6,18H,3,7H2,1-2H3,(H,14,15)(H,16,17). The Morgan fingerprint density at radius 3 is 2.72 bits per heavy atom. The molecular formula is C12H16N2O4. The maximum atomic E-state index is 11.7. The first-order valence-corrected chi connectivity index (χ1v) is 5.55. The molecule has 0 saturated carbocycles. The number of carboxylic acid groups (broad SMARTS) is 1. The molecule has 0 radical (unpaired) electrons. The van der Waals surface area contributed by atoms with Gasteiger partial charge in [0.2, 0.25) is 0 Å². The van der Waals surface area contributed by atoms with E-state index < -0.39 is 17.5 Å². The maximum absolute atomic E-state index is 11.7. The van der Waals surface area contributed by atoms with Crippen LogP contribution in [0.4, 0.5) is 0 Å². The molecule has 98 valence electrons. The minimum Gasteiger partial charge on any atom is -0.479 e. The number of amides is 1. The van der Waals surface area contributed by atoms with Gasteiger partial charge in [0, 0.05) is 6.20 Å². The molecule has 0 spiro atoms. The summed E-state index contributed by atoms with van der Waals surface area (Å²) in [4.78, 5) is 26.2. The van der Waals surface area contributed by atoms with Crippen LogP contribution in [0.3, 0.4) is 0 Å². The maximum Gasteiger partial charge on any atom is 0.337 e. The van der Waals surface area contributed by atoms with Crippen molar-refractivity contribution in [3.05, 3.63) is 29.6 Å². The fraction of sp³-hybridized carbons (Fsp3) is 0.417. The van der Waals surface area contributed by atoms with Gasteiger partial charge in [-0.3, -0.25) is 9.78 Å². The van der Waals surface area contributed by atoms with Crippen molar-refractivity contribution >= 4 is 11.9 Å². The first kappa shape index (κ1) is 14.1. The molecule has 0 aliphatic rings. The number of aliphatic carboxylic acids is 1. The minimum absolute atomic E-state index is 0.204. The Balaban J connectivity index is 2.68. The van der Waals surface area contributed by atoms with Crippen LogP contribution in [-0.2, 0) is 11.2 Å². The Kier molecular flexibility index (Phi) is 4.38. The van der Waals surface area contributed by atoms with Crippen LogP contribution in [0.1, 0.15) is 29.9 Å². The molecule has 1 atom stereocenters. The van der Waals surface area contributed by atoms with E-state index >= 15 is 0 Å². The number of aryl methyl sites for hydroxylation is 1. The van der Waals surface area contributed by atoms with Crippen molar-refractivity contribution in [1.29, 1.82) is 0 Å². The van der Waals surface area contributed by atoms with Gasteiger partial charge in [0.25, 0.3) is 5.91 Å². The van der Waals surface area contributed by atoms with E-state index in [-0.39, 0.29) is 12.2 Å². The molecule has 0 aliphatic carbocycles. The van der Waals surface area contributed by atoms with E-state index in [2.05, 4.69) is 10.3 Å². The first-order chi connectivity index (χ1) is 8.36. The van der Waals surface area contributed by atoms with Crippen molar-refractivity contribution in [1.82, 2.24) is 10.3 Å². The molecule has 0 aliphatic heterocycles. The van der Waals surface area contributed by atoms with Crippen molar-refractivity contribution in [2.24, 2.45) is 0 Å². The topological polar surface area (TPSA) is 99.5 Å². The molecule has 0 aromatic carbocycles. The minimum atomic E-state index is -1.99. The molecule has 6 nitrogen and oxygen atoms in total. The lowest BCUT2D eigenvalue weighted by atomic mass is 10.1. The van der Waals surface area contributed by atoms with Crippen molar-refractivity contribution in [2.75, 3.05) is 6.54 Å². The monoisotopic (exact) mass is 252 g/mol. The average molecular weight is 252 g/mol. The summed E-state index contributed by atoms with van der Waals surface area (Å²) in [6, 6.07) is 3.43. The van der Waals surface area contributed by atoms with E-state index in [1.54, 1.807) is 12.1 Å². The third kappa shape index (κ3) is 3.53. The molecule has 1 unspecified atom stereocenters. The zero-order valence-electron chi connectivity index (χ0n) is 10.3. The summed E-state index contributed by atoms with van der Waals surface area (Å²) in [5, 5.41) is 20.5. The number of carboxylic acids is 1. The smallest absolute Gasteiger partial charge is 0.337 e. The Labute approximate surface area is 105 Å². The van der Waals surface area contributed by atoms with Crippen LogP contribution in [0.25, 0.3) is 0 Å².